The van der Waals surface area contributed by atoms with Gasteiger partial charge in [-0.05, 0) is 12.1 Å². The molecule has 2 rings (SSSR count). The molecule has 0 aliphatic heterocycles. The van der Waals surface area contributed by atoms with Crippen LogP contribution in [0.1, 0.15) is 11.7 Å². The van der Waals surface area contributed by atoms with Crippen LogP contribution in [0.25, 0.3) is 0 Å². The van der Waals surface area contributed by atoms with E-state index in [1.165, 1.54) is 23.1 Å². The van der Waals surface area contributed by atoms with Crippen molar-refractivity contribution >= 4 is 5.69 Å². The molecule has 1 aromatic carbocycles. The molecule has 7 heteroatoms. The van der Waals surface area contributed by atoms with Gasteiger partial charge in [-0.1, -0.05) is 11.2 Å². The number of hydrogen-bond acceptors (Lipinski definition) is 5. The van der Waals surface area contributed by atoms with Crippen LogP contribution in [0.4, 0.5) is 14.5 Å². The molecule has 0 bridgehead atoms. The van der Waals surface area contributed by atoms with Gasteiger partial charge in [0.05, 0.1) is 13.1 Å². The molecule has 2 N–H and O–H groups in total. The van der Waals surface area contributed by atoms with Crippen molar-refractivity contribution in [3.8, 4) is 0 Å². The molecule has 0 fully saturated rings. The minimum atomic E-state index is -0.639. The minimum absolute atomic E-state index is 0.126. The molecule has 1 heterocycles. The monoisotopic (exact) mass is 254 g/mol. The van der Waals surface area contributed by atoms with Gasteiger partial charge in [-0.15, -0.1) is 0 Å². The van der Waals surface area contributed by atoms with Crippen LogP contribution in [0, 0.1) is 11.6 Å². The SMILES string of the molecule is CN(Cc1noc(CN)n1)c1c(F)cccc1F. The Hall–Kier alpha value is -2.02. The van der Waals surface area contributed by atoms with Crippen LogP contribution in [0.5, 0.6) is 0 Å². The zero-order chi connectivity index (χ0) is 13.1. The van der Waals surface area contributed by atoms with Gasteiger partial charge in [-0.3, -0.25) is 0 Å². The Labute approximate surface area is 102 Å². The van der Waals surface area contributed by atoms with Gasteiger partial charge in [0.1, 0.15) is 17.3 Å². The molecular weight excluding hydrogens is 242 g/mol. The molecule has 0 aliphatic carbocycles. The number of rotatable bonds is 4. The van der Waals surface area contributed by atoms with E-state index < -0.39 is 11.6 Å². The molecule has 96 valence electrons. The molecule has 0 radical (unpaired) electrons. The third-order valence-corrected chi connectivity index (χ3v) is 2.38. The summed E-state index contributed by atoms with van der Waals surface area (Å²) in [6.07, 6.45) is 0. The van der Waals surface area contributed by atoms with Crippen LogP contribution in [0.2, 0.25) is 0 Å². The first-order valence-electron chi connectivity index (χ1n) is 5.28. The largest absolute Gasteiger partial charge is 0.362 e. The maximum Gasteiger partial charge on any atom is 0.240 e. The highest BCUT2D eigenvalue weighted by Crippen LogP contribution is 2.22. The second kappa shape index (κ2) is 5.09. The Morgan fingerprint density at radius 2 is 2.00 bits per heavy atom. The number of aromatic nitrogens is 2. The van der Waals surface area contributed by atoms with Gasteiger partial charge in [0, 0.05) is 7.05 Å². The van der Waals surface area contributed by atoms with Gasteiger partial charge in [-0.25, -0.2) is 8.78 Å². The van der Waals surface area contributed by atoms with E-state index in [9.17, 15) is 8.78 Å². The topological polar surface area (TPSA) is 68.2 Å². The first-order chi connectivity index (χ1) is 8.61. The summed E-state index contributed by atoms with van der Waals surface area (Å²) in [7, 11) is 1.54. The Kier molecular flexibility index (Phi) is 3.52. The number of anilines is 1. The van der Waals surface area contributed by atoms with Crippen molar-refractivity contribution in [2.24, 2.45) is 5.73 Å². The van der Waals surface area contributed by atoms with Gasteiger partial charge in [0.25, 0.3) is 0 Å². The summed E-state index contributed by atoms with van der Waals surface area (Å²) < 4.78 is 31.8. The summed E-state index contributed by atoms with van der Waals surface area (Å²) in [6.45, 7) is 0.256. The van der Waals surface area contributed by atoms with E-state index in [0.717, 1.165) is 0 Å². The predicted octanol–water partition coefficient (Wildman–Crippen LogP) is 1.44. The smallest absolute Gasteiger partial charge is 0.240 e. The van der Waals surface area contributed by atoms with Crippen molar-refractivity contribution in [1.82, 2.24) is 10.1 Å². The van der Waals surface area contributed by atoms with Crippen molar-refractivity contribution < 1.29 is 13.3 Å². The third kappa shape index (κ3) is 2.45. The molecule has 0 saturated heterocycles. The average Bonchev–Trinajstić information content (AvgIpc) is 2.76. The molecule has 5 nitrogen and oxygen atoms in total. The highest BCUT2D eigenvalue weighted by molar-refractivity contribution is 5.48. The fourth-order valence-electron chi connectivity index (χ4n) is 1.58. The zero-order valence-electron chi connectivity index (χ0n) is 9.73. The lowest BCUT2D eigenvalue weighted by molar-refractivity contribution is 0.374. The number of nitrogens with two attached hydrogens (primary N) is 1. The molecule has 2 aromatic rings. The number of halogens is 2. The fourth-order valence-corrected chi connectivity index (χ4v) is 1.58. The molecule has 0 aliphatic rings. The van der Waals surface area contributed by atoms with Crippen LogP contribution in [-0.2, 0) is 13.1 Å². The average molecular weight is 254 g/mol. The van der Waals surface area contributed by atoms with E-state index in [4.69, 9.17) is 10.3 Å². The van der Waals surface area contributed by atoms with Crippen molar-refractivity contribution in [2.45, 2.75) is 13.1 Å². The summed E-state index contributed by atoms with van der Waals surface area (Å²) in [6, 6.07) is 3.69. The minimum Gasteiger partial charge on any atom is -0.362 e. The van der Waals surface area contributed by atoms with Gasteiger partial charge in [0.15, 0.2) is 5.82 Å². The third-order valence-electron chi connectivity index (χ3n) is 2.38. The number of benzene rings is 1. The molecule has 0 unspecified atom stereocenters. The first-order valence-corrected chi connectivity index (χ1v) is 5.28. The standard InChI is InChI=1S/C11H12F2N4O/c1-17(6-9-15-10(5-14)18-16-9)11-7(12)3-2-4-8(11)13/h2-4H,5-6,14H2,1H3. The lowest BCUT2D eigenvalue weighted by Gasteiger charge is -2.18. The molecular formula is C11H12F2N4O. The van der Waals surface area contributed by atoms with E-state index in [-0.39, 0.29) is 24.7 Å². The van der Waals surface area contributed by atoms with E-state index >= 15 is 0 Å². The predicted molar refractivity (Wildman–Crippen MR) is 60.7 cm³/mol. The molecule has 0 saturated carbocycles. The summed E-state index contributed by atoms with van der Waals surface area (Å²) in [5.41, 5.74) is 5.20. The van der Waals surface area contributed by atoms with Crippen LogP contribution < -0.4 is 10.6 Å². The molecule has 1 aromatic heterocycles. The Bertz CT molecular complexity index is 523. The van der Waals surface area contributed by atoms with Crippen LogP contribution >= 0.6 is 0 Å². The number of nitrogens with zero attached hydrogens (tertiary/aromatic N) is 3. The first kappa shape index (κ1) is 12.4. The van der Waals surface area contributed by atoms with Crippen molar-refractivity contribution in [3.05, 3.63) is 41.5 Å². The van der Waals surface area contributed by atoms with Crippen LogP contribution in [-0.4, -0.2) is 17.2 Å². The highest BCUT2D eigenvalue weighted by Gasteiger charge is 2.15. The Balaban J connectivity index is 2.19. The second-order valence-corrected chi connectivity index (χ2v) is 3.73. The van der Waals surface area contributed by atoms with Gasteiger partial charge in [-0.2, -0.15) is 4.98 Å². The molecule has 18 heavy (non-hydrogen) atoms. The van der Waals surface area contributed by atoms with Crippen LogP contribution in [0.3, 0.4) is 0 Å². The van der Waals surface area contributed by atoms with E-state index in [1.54, 1.807) is 7.05 Å². The maximum atomic E-state index is 13.5. The quantitative estimate of drug-likeness (QED) is 0.894. The number of para-hydroxylation sites is 1. The zero-order valence-corrected chi connectivity index (χ0v) is 9.73. The van der Waals surface area contributed by atoms with Gasteiger partial charge >= 0.3 is 0 Å². The second-order valence-electron chi connectivity index (χ2n) is 3.73. The summed E-state index contributed by atoms with van der Waals surface area (Å²) >= 11 is 0. The summed E-state index contributed by atoms with van der Waals surface area (Å²) in [5, 5.41) is 3.66. The van der Waals surface area contributed by atoms with Crippen molar-refractivity contribution in [3.63, 3.8) is 0 Å². The van der Waals surface area contributed by atoms with Crippen molar-refractivity contribution in [2.75, 3.05) is 11.9 Å². The number of hydrogen-bond donors (Lipinski definition) is 1. The van der Waals surface area contributed by atoms with Gasteiger partial charge in [0.2, 0.25) is 5.89 Å². The summed E-state index contributed by atoms with van der Waals surface area (Å²) in [5.74, 6) is -0.673. The highest BCUT2D eigenvalue weighted by atomic mass is 19.1. The lowest BCUT2D eigenvalue weighted by atomic mass is 10.2. The molecule has 0 amide bonds. The molecule has 0 spiro atoms. The van der Waals surface area contributed by atoms with Gasteiger partial charge < -0.3 is 15.2 Å². The Morgan fingerprint density at radius 1 is 1.33 bits per heavy atom. The van der Waals surface area contributed by atoms with Crippen LogP contribution in [0.15, 0.2) is 22.7 Å². The lowest BCUT2D eigenvalue weighted by Crippen LogP contribution is -2.20. The Morgan fingerprint density at radius 3 is 2.56 bits per heavy atom. The van der Waals surface area contributed by atoms with E-state index in [2.05, 4.69) is 10.1 Å². The van der Waals surface area contributed by atoms with E-state index in [1.807, 2.05) is 0 Å². The fraction of sp³-hybridized carbons (Fsp3) is 0.273. The summed E-state index contributed by atoms with van der Waals surface area (Å²) in [4.78, 5) is 5.34. The maximum absolute atomic E-state index is 13.5. The van der Waals surface area contributed by atoms with E-state index in [0.29, 0.717) is 5.82 Å². The normalized spacial score (nSPS) is 10.7. The van der Waals surface area contributed by atoms with Crippen molar-refractivity contribution in [1.29, 1.82) is 0 Å². The molecule has 0 atom stereocenters.